The number of rotatable bonds is 5. The Morgan fingerprint density at radius 1 is 1.20 bits per heavy atom. The number of halogens is 1. The highest BCUT2D eigenvalue weighted by atomic mass is 19.1. The van der Waals surface area contributed by atoms with E-state index in [-0.39, 0.29) is 17.1 Å². The number of amides is 1. The van der Waals surface area contributed by atoms with Gasteiger partial charge in [-0.1, -0.05) is 38.1 Å². The predicted octanol–water partition coefficient (Wildman–Crippen LogP) is 4.25. The number of benzene rings is 2. The number of hydrogen-bond acceptors (Lipinski definition) is 1. The first-order valence-electron chi connectivity index (χ1n) is 8.45. The molecule has 0 saturated heterocycles. The normalized spacial score (nSPS) is 11.7. The largest absolute Gasteiger partial charge is 0.361 e. The maximum atomic E-state index is 13.4. The van der Waals surface area contributed by atoms with Gasteiger partial charge in [0, 0.05) is 29.1 Å². The minimum Gasteiger partial charge on any atom is -0.361 e. The summed E-state index contributed by atoms with van der Waals surface area (Å²) in [4.78, 5) is 15.4. The van der Waals surface area contributed by atoms with E-state index in [4.69, 9.17) is 0 Å². The number of nitrogens with one attached hydrogen (secondary N) is 2. The van der Waals surface area contributed by atoms with Crippen molar-refractivity contribution >= 4 is 16.8 Å². The Labute approximate surface area is 147 Å². The summed E-state index contributed by atoms with van der Waals surface area (Å²) in [6.07, 6.45) is 2.28. The molecule has 1 heterocycles. The molecule has 0 radical (unpaired) electrons. The zero-order valence-corrected chi connectivity index (χ0v) is 14.8. The van der Waals surface area contributed by atoms with Crippen molar-refractivity contribution in [3.63, 3.8) is 0 Å². The molecule has 2 N–H and O–H groups in total. The van der Waals surface area contributed by atoms with Crippen LogP contribution >= 0.6 is 0 Å². The maximum absolute atomic E-state index is 13.4. The Morgan fingerprint density at radius 3 is 2.72 bits per heavy atom. The topological polar surface area (TPSA) is 44.9 Å². The van der Waals surface area contributed by atoms with Crippen LogP contribution in [0.25, 0.3) is 10.9 Å². The molecule has 0 saturated carbocycles. The van der Waals surface area contributed by atoms with Crippen molar-refractivity contribution in [1.82, 2.24) is 10.3 Å². The van der Waals surface area contributed by atoms with Crippen molar-refractivity contribution in [3.05, 3.63) is 71.2 Å². The van der Waals surface area contributed by atoms with E-state index < -0.39 is 0 Å². The van der Waals surface area contributed by atoms with Crippen molar-refractivity contribution in [3.8, 4) is 0 Å². The molecule has 0 fully saturated rings. The molecule has 0 aliphatic heterocycles. The van der Waals surface area contributed by atoms with Gasteiger partial charge in [0.15, 0.2) is 0 Å². The minimum atomic E-state index is -0.266. The van der Waals surface area contributed by atoms with E-state index >= 15 is 0 Å². The van der Waals surface area contributed by atoms with Gasteiger partial charge in [-0.05, 0) is 41.8 Å². The van der Waals surface area contributed by atoms with Gasteiger partial charge in [-0.2, -0.15) is 0 Å². The molecule has 2 aromatic carbocycles. The van der Waals surface area contributed by atoms with E-state index in [2.05, 4.69) is 24.1 Å². The summed E-state index contributed by atoms with van der Waals surface area (Å²) < 4.78 is 13.4. The summed E-state index contributed by atoms with van der Waals surface area (Å²) in [6, 6.07) is 12.7. The first-order chi connectivity index (χ1) is 11.9. The van der Waals surface area contributed by atoms with E-state index in [1.165, 1.54) is 12.1 Å². The number of carbonyl (C=O) groups excluding carboxylic acids is 1. The highest BCUT2D eigenvalue weighted by Crippen LogP contribution is 2.30. The fourth-order valence-electron chi connectivity index (χ4n) is 3.12. The van der Waals surface area contributed by atoms with E-state index in [0.29, 0.717) is 13.0 Å². The van der Waals surface area contributed by atoms with Gasteiger partial charge in [0.25, 0.3) is 0 Å². The van der Waals surface area contributed by atoms with E-state index in [1.54, 1.807) is 6.07 Å². The molecule has 1 amide bonds. The molecule has 0 atom stereocenters. The van der Waals surface area contributed by atoms with Crippen LogP contribution in [0.15, 0.2) is 48.7 Å². The van der Waals surface area contributed by atoms with Gasteiger partial charge >= 0.3 is 0 Å². The van der Waals surface area contributed by atoms with Crippen LogP contribution in [-0.4, -0.2) is 17.4 Å². The van der Waals surface area contributed by atoms with E-state index in [1.807, 2.05) is 37.4 Å². The zero-order chi connectivity index (χ0) is 18.0. The summed E-state index contributed by atoms with van der Waals surface area (Å²) in [5.74, 6) is -0.251. The molecule has 0 unspecified atom stereocenters. The van der Waals surface area contributed by atoms with Crippen molar-refractivity contribution in [2.75, 3.05) is 6.54 Å². The van der Waals surface area contributed by atoms with Crippen molar-refractivity contribution in [2.24, 2.45) is 0 Å². The van der Waals surface area contributed by atoms with Gasteiger partial charge in [0.05, 0.1) is 6.42 Å². The number of fused-ring (bicyclic) bond motifs is 1. The van der Waals surface area contributed by atoms with Crippen molar-refractivity contribution < 1.29 is 9.18 Å². The Bertz CT molecular complexity index is 911. The monoisotopic (exact) mass is 338 g/mol. The number of H-pyrrole nitrogens is 1. The molecule has 1 aromatic heterocycles. The Morgan fingerprint density at radius 2 is 1.96 bits per heavy atom. The molecule has 3 rings (SSSR count). The Hall–Kier alpha value is -2.62. The third-order valence-electron chi connectivity index (χ3n) is 4.71. The molecular formula is C21H23FN2O. The third kappa shape index (κ3) is 3.73. The molecule has 0 bridgehead atoms. The summed E-state index contributed by atoms with van der Waals surface area (Å²) in [7, 11) is 0. The molecule has 3 nitrogen and oxygen atoms in total. The van der Waals surface area contributed by atoms with Gasteiger partial charge in [0.2, 0.25) is 5.91 Å². The van der Waals surface area contributed by atoms with Crippen molar-refractivity contribution in [1.29, 1.82) is 0 Å². The highest BCUT2D eigenvalue weighted by molar-refractivity contribution is 5.84. The molecule has 0 spiro atoms. The number of aromatic nitrogens is 1. The van der Waals surface area contributed by atoms with Crippen LogP contribution in [0.5, 0.6) is 0 Å². The molecule has 0 aliphatic rings. The summed E-state index contributed by atoms with van der Waals surface area (Å²) in [6.45, 7) is 6.68. The Kier molecular flexibility index (Phi) is 4.62. The quantitative estimate of drug-likeness (QED) is 0.718. The summed E-state index contributed by atoms with van der Waals surface area (Å²) in [5, 5.41) is 4.02. The van der Waals surface area contributed by atoms with Gasteiger partial charge < -0.3 is 10.3 Å². The van der Waals surface area contributed by atoms with E-state index in [0.717, 1.165) is 27.6 Å². The minimum absolute atomic E-state index is 0.00765. The standard InChI is InChI=1S/C21H23FN2O/c1-14-6-4-5-7-15(14)10-20(25)24-13-21(2,3)18-12-23-19-11-16(22)8-9-17(18)19/h4-9,11-12,23H,10,13H2,1-3H3,(H,24,25). The van der Waals surface area contributed by atoms with Gasteiger partial charge in [0.1, 0.15) is 5.82 Å². The van der Waals surface area contributed by atoms with Crippen LogP contribution in [-0.2, 0) is 16.6 Å². The average molecular weight is 338 g/mol. The number of hydrogen-bond donors (Lipinski definition) is 2. The smallest absolute Gasteiger partial charge is 0.224 e. The molecule has 0 aliphatic carbocycles. The first kappa shape index (κ1) is 17.2. The number of aromatic amines is 1. The van der Waals surface area contributed by atoms with Gasteiger partial charge in [-0.25, -0.2) is 4.39 Å². The molecule has 25 heavy (non-hydrogen) atoms. The predicted molar refractivity (Wildman–Crippen MR) is 99.2 cm³/mol. The van der Waals surface area contributed by atoms with Crippen molar-refractivity contribution in [2.45, 2.75) is 32.6 Å². The van der Waals surface area contributed by atoms with Crippen LogP contribution in [0.1, 0.15) is 30.5 Å². The molecule has 130 valence electrons. The average Bonchev–Trinajstić information content (AvgIpc) is 2.99. The summed E-state index contributed by atoms with van der Waals surface area (Å²) >= 11 is 0. The molecular weight excluding hydrogens is 315 g/mol. The first-order valence-corrected chi connectivity index (χ1v) is 8.45. The maximum Gasteiger partial charge on any atom is 0.224 e. The summed E-state index contributed by atoms with van der Waals surface area (Å²) in [5.41, 5.74) is 3.74. The third-order valence-corrected chi connectivity index (χ3v) is 4.71. The lowest BCUT2D eigenvalue weighted by Gasteiger charge is -2.25. The highest BCUT2D eigenvalue weighted by Gasteiger charge is 2.25. The second-order valence-electron chi connectivity index (χ2n) is 7.16. The van der Waals surface area contributed by atoms with Crippen LogP contribution in [0.4, 0.5) is 4.39 Å². The fourth-order valence-corrected chi connectivity index (χ4v) is 3.12. The van der Waals surface area contributed by atoms with Gasteiger partial charge in [-0.3, -0.25) is 4.79 Å². The second-order valence-corrected chi connectivity index (χ2v) is 7.16. The fraction of sp³-hybridized carbons (Fsp3) is 0.286. The lowest BCUT2D eigenvalue weighted by molar-refractivity contribution is -0.120. The van der Waals surface area contributed by atoms with Crippen LogP contribution in [0.2, 0.25) is 0 Å². The SMILES string of the molecule is Cc1ccccc1CC(=O)NCC(C)(C)c1c[nH]c2cc(F)ccc12. The number of aryl methyl sites for hydroxylation is 1. The molecule has 3 aromatic rings. The van der Waals surface area contributed by atoms with E-state index in [9.17, 15) is 9.18 Å². The second kappa shape index (κ2) is 6.71. The van der Waals surface area contributed by atoms with Gasteiger partial charge in [-0.15, -0.1) is 0 Å². The molecule has 4 heteroatoms. The Balaban J connectivity index is 1.70. The lowest BCUT2D eigenvalue weighted by Crippen LogP contribution is -2.37. The van der Waals surface area contributed by atoms with Crippen LogP contribution < -0.4 is 5.32 Å². The van der Waals surface area contributed by atoms with Crippen LogP contribution in [0.3, 0.4) is 0 Å². The lowest BCUT2D eigenvalue weighted by atomic mass is 9.84. The van der Waals surface area contributed by atoms with Crippen LogP contribution in [0, 0.1) is 12.7 Å². The number of carbonyl (C=O) groups is 1. The zero-order valence-electron chi connectivity index (χ0n) is 14.8.